The second-order valence-corrected chi connectivity index (χ2v) is 18.8. The van der Waals surface area contributed by atoms with Crippen molar-refractivity contribution in [2.24, 2.45) is 35.5 Å². The summed E-state index contributed by atoms with van der Waals surface area (Å²) in [5.41, 5.74) is 1.27. The lowest BCUT2D eigenvalue weighted by molar-refractivity contribution is -0.265. The van der Waals surface area contributed by atoms with E-state index in [1.807, 2.05) is 51.2 Å². The number of aliphatic hydroxyl groups excluding tert-OH is 1. The summed E-state index contributed by atoms with van der Waals surface area (Å²) in [6.45, 7) is 12.8. The van der Waals surface area contributed by atoms with E-state index in [0.717, 1.165) is 16.9 Å². The van der Waals surface area contributed by atoms with E-state index in [0.29, 0.717) is 69.6 Å². The summed E-state index contributed by atoms with van der Waals surface area (Å²) in [7, 11) is 4.64. The van der Waals surface area contributed by atoms with Crippen molar-refractivity contribution in [2.75, 3.05) is 34.5 Å². The average Bonchev–Trinajstić information content (AvgIpc) is 3.28. The SMILES string of the molecule is COCC(=O)C(C)CC(C)/C=C/C=C/C=C(\C)C(CC1CCC(C)C(O)(C(=O)C(=O)N2CCCCC2C(=O)O/C(=C\C(=O)C(C)/C=C(\C)C=O)C(C)CC2CCC(O)C(OC)C2)O1)OC. The number of hydrogen-bond acceptors (Lipinski definition) is 13. The van der Waals surface area contributed by atoms with Gasteiger partial charge in [-0.2, -0.15) is 0 Å². The van der Waals surface area contributed by atoms with Gasteiger partial charge in [-0.3, -0.25) is 24.0 Å². The second-order valence-electron chi connectivity index (χ2n) is 18.8. The van der Waals surface area contributed by atoms with Crippen LogP contribution in [-0.2, 0) is 52.5 Å². The summed E-state index contributed by atoms with van der Waals surface area (Å²) in [4.78, 5) is 80.4. The number of aliphatic hydroxyl groups is 2. The van der Waals surface area contributed by atoms with E-state index in [1.165, 1.54) is 19.3 Å². The number of piperidine rings is 1. The molecule has 65 heavy (non-hydrogen) atoms. The minimum Gasteiger partial charge on any atom is -0.429 e. The smallest absolute Gasteiger partial charge is 0.333 e. The summed E-state index contributed by atoms with van der Waals surface area (Å²) in [5, 5.41) is 22.3. The Bertz CT molecular complexity index is 1780. The quantitative estimate of drug-likeness (QED) is 0.0258. The van der Waals surface area contributed by atoms with Crippen LogP contribution in [0.3, 0.4) is 0 Å². The third-order valence-electron chi connectivity index (χ3n) is 13.3. The number of nitrogens with zero attached hydrogens (tertiary/aromatic N) is 1. The number of esters is 1. The van der Waals surface area contributed by atoms with Crippen molar-refractivity contribution in [1.82, 2.24) is 4.90 Å². The van der Waals surface area contributed by atoms with Crippen LogP contribution < -0.4 is 0 Å². The summed E-state index contributed by atoms with van der Waals surface area (Å²) in [6, 6.07) is -1.16. The van der Waals surface area contributed by atoms with E-state index in [9.17, 15) is 39.0 Å². The highest BCUT2D eigenvalue weighted by Crippen LogP contribution is 2.37. The van der Waals surface area contributed by atoms with Crippen LogP contribution in [0.25, 0.3) is 0 Å². The van der Waals surface area contributed by atoms with Gasteiger partial charge in [0, 0.05) is 64.0 Å². The molecule has 3 aliphatic rings. The Labute approximate surface area is 386 Å². The van der Waals surface area contributed by atoms with Crippen molar-refractivity contribution in [3.63, 3.8) is 0 Å². The molecule has 0 radical (unpaired) electrons. The van der Waals surface area contributed by atoms with Gasteiger partial charge in [-0.25, -0.2) is 4.79 Å². The Morgan fingerprint density at radius 2 is 1.63 bits per heavy atom. The first-order valence-electron chi connectivity index (χ1n) is 23.4. The molecule has 14 nitrogen and oxygen atoms in total. The molecule has 0 aromatic carbocycles. The zero-order valence-electron chi connectivity index (χ0n) is 40.5. The molecule has 12 atom stereocenters. The van der Waals surface area contributed by atoms with Gasteiger partial charge in [0.15, 0.2) is 11.6 Å². The maximum atomic E-state index is 14.2. The molecule has 1 amide bonds. The minimum atomic E-state index is -2.45. The molecule has 364 valence electrons. The molecular weight excluding hydrogens is 835 g/mol. The molecule has 0 aromatic heterocycles. The maximum Gasteiger partial charge on any atom is 0.333 e. The van der Waals surface area contributed by atoms with Crippen LogP contribution in [0, 0.1) is 35.5 Å². The Kier molecular flexibility index (Phi) is 23.0. The molecule has 2 N–H and O–H groups in total. The Morgan fingerprint density at radius 1 is 0.908 bits per heavy atom. The molecule has 3 fully saturated rings. The number of Topliss-reactive ketones (excluding diaryl/α,β-unsaturated/α-hetero) is 2. The molecule has 2 heterocycles. The normalized spacial score (nSPS) is 28.4. The zero-order valence-corrected chi connectivity index (χ0v) is 40.5. The summed E-state index contributed by atoms with van der Waals surface area (Å²) in [5.74, 6) is -7.28. The molecule has 12 unspecified atom stereocenters. The number of allylic oxidation sites excluding steroid dienone is 9. The van der Waals surface area contributed by atoms with E-state index < -0.39 is 65.6 Å². The van der Waals surface area contributed by atoms with Gasteiger partial charge >= 0.3 is 5.97 Å². The van der Waals surface area contributed by atoms with Crippen LogP contribution in [0.15, 0.2) is 59.4 Å². The van der Waals surface area contributed by atoms with Gasteiger partial charge in [0.05, 0.1) is 24.4 Å². The number of ketones is 3. The van der Waals surface area contributed by atoms with Crippen molar-refractivity contribution in [3.05, 3.63) is 59.4 Å². The maximum absolute atomic E-state index is 14.2. The van der Waals surface area contributed by atoms with E-state index in [1.54, 1.807) is 35.0 Å². The van der Waals surface area contributed by atoms with E-state index in [-0.39, 0.29) is 60.8 Å². The topological polar surface area (TPSA) is 192 Å². The number of carbonyl (C=O) groups excluding carboxylic acids is 6. The number of ether oxygens (including phenoxy) is 5. The van der Waals surface area contributed by atoms with Crippen LogP contribution in [0.5, 0.6) is 0 Å². The van der Waals surface area contributed by atoms with Gasteiger partial charge in [0.2, 0.25) is 5.79 Å². The van der Waals surface area contributed by atoms with Crippen molar-refractivity contribution in [1.29, 1.82) is 0 Å². The minimum absolute atomic E-state index is 0.0753. The largest absolute Gasteiger partial charge is 0.429 e. The van der Waals surface area contributed by atoms with Gasteiger partial charge in [0.1, 0.15) is 24.7 Å². The summed E-state index contributed by atoms with van der Waals surface area (Å²) in [6.07, 6.45) is 16.8. The van der Waals surface area contributed by atoms with Gasteiger partial charge in [-0.05, 0) is 101 Å². The number of methoxy groups -OCH3 is 3. The number of rotatable bonds is 24. The number of amides is 1. The highest BCUT2D eigenvalue weighted by molar-refractivity contribution is 6.39. The third kappa shape index (κ3) is 16.4. The zero-order chi connectivity index (χ0) is 48.4. The Morgan fingerprint density at radius 3 is 2.29 bits per heavy atom. The fourth-order valence-corrected chi connectivity index (χ4v) is 9.12. The predicted octanol–water partition coefficient (Wildman–Crippen LogP) is 6.76. The lowest BCUT2D eigenvalue weighted by Gasteiger charge is -2.42. The molecule has 3 rings (SSSR count). The van der Waals surface area contributed by atoms with Crippen molar-refractivity contribution in [2.45, 2.75) is 155 Å². The van der Waals surface area contributed by atoms with Crippen molar-refractivity contribution >= 4 is 35.5 Å². The molecule has 0 bridgehead atoms. The lowest BCUT2D eigenvalue weighted by atomic mass is 9.80. The Hall–Kier alpha value is -3.92. The van der Waals surface area contributed by atoms with E-state index in [4.69, 9.17) is 23.7 Å². The monoisotopic (exact) mass is 912 g/mol. The molecule has 1 saturated carbocycles. The van der Waals surface area contributed by atoms with Crippen LogP contribution in [-0.4, -0.2) is 121 Å². The third-order valence-corrected chi connectivity index (χ3v) is 13.3. The van der Waals surface area contributed by atoms with Crippen molar-refractivity contribution in [3.8, 4) is 0 Å². The number of aldehydes is 1. The van der Waals surface area contributed by atoms with Crippen LogP contribution in [0.2, 0.25) is 0 Å². The standard InChI is InChI=1S/C51H77NO13/c1-32(24-36(5)44(56)31-61-8)16-12-11-13-17-34(3)45(62-9)28-40-21-19-38(7)51(60,65-40)48(57)49(58)52-23-15-14-18-41(52)50(59)64-46(29-43(55)35(4)25-33(2)30-53)37(6)26-39-20-22-42(54)47(27-39)63-10/h11-13,16-17,25,29-30,32,35-42,45,47,54,60H,14-15,18-24,26-28,31H2,1-10H3/b13-11+,16-12+,33-25+,34-17+,46-29-. The predicted molar refractivity (Wildman–Crippen MR) is 246 cm³/mol. The first-order valence-corrected chi connectivity index (χ1v) is 23.4. The lowest BCUT2D eigenvalue weighted by Crippen LogP contribution is -2.60. The van der Waals surface area contributed by atoms with Gasteiger partial charge < -0.3 is 38.8 Å². The molecule has 0 aromatic rings. The number of likely N-dealkylation sites (tertiary alicyclic amines) is 1. The van der Waals surface area contributed by atoms with Crippen LogP contribution in [0.4, 0.5) is 0 Å². The van der Waals surface area contributed by atoms with Gasteiger partial charge in [-0.1, -0.05) is 71.1 Å². The highest BCUT2D eigenvalue weighted by Gasteiger charge is 2.53. The molecular formula is C51H77NO13. The Balaban J connectivity index is 1.75. The molecule has 14 heteroatoms. The van der Waals surface area contributed by atoms with Gasteiger partial charge in [0.25, 0.3) is 11.7 Å². The van der Waals surface area contributed by atoms with E-state index in [2.05, 4.69) is 6.92 Å². The molecule has 2 aliphatic heterocycles. The van der Waals surface area contributed by atoms with Gasteiger partial charge in [-0.15, -0.1) is 0 Å². The first-order chi connectivity index (χ1) is 30.8. The number of carbonyl (C=O) groups is 6. The second kappa shape index (κ2) is 27.0. The van der Waals surface area contributed by atoms with E-state index >= 15 is 0 Å². The average molecular weight is 912 g/mol. The van der Waals surface area contributed by atoms with Crippen LogP contribution in [0.1, 0.15) is 119 Å². The van der Waals surface area contributed by atoms with Crippen molar-refractivity contribution < 1.29 is 62.7 Å². The number of hydrogen-bond donors (Lipinski definition) is 2. The first kappa shape index (κ1) is 55.4. The molecule has 2 saturated heterocycles. The fraction of sp³-hybridized carbons (Fsp3) is 0.686. The summed E-state index contributed by atoms with van der Waals surface area (Å²) < 4.78 is 28.4. The summed E-state index contributed by atoms with van der Waals surface area (Å²) >= 11 is 0. The van der Waals surface area contributed by atoms with Crippen LogP contribution >= 0.6 is 0 Å². The fourth-order valence-electron chi connectivity index (χ4n) is 9.12. The molecule has 0 spiro atoms. The highest BCUT2D eigenvalue weighted by atomic mass is 16.6. The molecule has 1 aliphatic carbocycles.